The van der Waals surface area contributed by atoms with Gasteiger partial charge < -0.3 is 10.4 Å². The third-order valence-electron chi connectivity index (χ3n) is 3.28. The molecular weight excluding hydrogens is 306 g/mol. The quantitative estimate of drug-likeness (QED) is 0.782. The van der Waals surface area contributed by atoms with Crippen LogP contribution in [0.4, 0.5) is 0 Å². The zero-order chi connectivity index (χ0) is 16.0. The number of aliphatic hydroxyl groups is 1. The van der Waals surface area contributed by atoms with Gasteiger partial charge >= 0.3 is 0 Å². The molecule has 0 bridgehead atoms. The van der Waals surface area contributed by atoms with Gasteiger partial charge in [0, 0.05) is 22.6 Å². The van der Waals surface area contributed by atoms with Crippen molar-refractivity contribution >= 4 is 29.3 Å². The summed E-state index contributed by atoms with van der Waals surface area (Å²) in [6.07, 6.45) is 0.563. The molecule has 0 aliphatic heterocycles. The third-order valence-corrected chi connectivity index (χ3v) is 4.64. The molecule has 0 aliphatic rings. The summed E-state index contributed by atoms with van der Waals surface area (Å²) in [6, 6.07) is 7.41. The maximum absolute atomic E-state index is 12.3. The van der Waals surface area contributed by atoms with Crippen LogP contribution in [-0.2, 0) is 4.79 Å². The average molecular weight is 330 g/mol. The SMILES string of the molecule is CC(Sc1ccc(Cl)cc1)C(=O)NC(CCO)C(C)(C)C. The van der Waals surface area contributed by atoms with Crippen LogP contribution in [0, 0.1) is 5.41 Å². The summed E-state index contributed by atoms with van der Waals surface area (Å²) in [5.41, 5.74) is -0.0803. The van der Waals surface area contributed by atoms with E-state index >= 15 is 0 Å². The standard InChI is InChI=1S/C16H24ClNO2S/c1-11(21-13-7-5-12(17)6-8-13)15(20)18-14(9-10-19)16(2,3)4/h5-8,11,14,19H,9-10H2,1-4H3,(H,18,20). The van der Waals surface area contributed by atoms with Crippen LogP contribution in [-0.4, -0.2) is 28.9 Å². The van der Waals surface area contributed by atoms with Crippen molar-refractivity contribution in [3.63, 3.8) is 0 Å². The highest BCUT2D eigenvalue weighted by molar-refractivity contribution is 8.00. The number of carbonyl (C=O) groups excluding carboxylic acids is 1. The molecule has 2 atom stereocenters. The van der Waals surface area contributed by atoms with Gasteiger partial charge in [0.2, 0.25) is 5.91 Å². The molecule has 0 saturated carbocycles. The van der Waals surface area contributed by atoms with Crippen LogP contribution >= 0.6 is 23.4 Å². The van der Waals surface area contributed by atoms with E-state index in [1.807, 2.05) is 31.2 Å². The van der Waals surface area contributed by atoms with Crippen molar-refractivity contribution in [1.29, 1.82) is 0 Å². The predicted octanol–water partition coefficient (Wildman–Crippen LogP) is 3.73. The first kappa shape index (κ1) is 18.3. The molecule has 5 heteroatoms. The Hall–Kier alpha value is -0.710. The van der Waals surface area contributed by atoms with Gasteiger partial charge in [-0.25, -0.2) is 0 Å². The average Bonchev–Trinajstić information content (AvgIpc) is 2.39. The van der Waals surface area contributed by atoms with E-state index in [0.717, 1.165) is 4.90 Å². The van der Waals surface area contributed by atoms with Crippen molar-refractivity contribution in [2.45, 2.75) is 50.3 Å². The summed E-state index contributed by atoms with van der Waals surface area (Å²) in [5, 5.41) is 12.7. The van der Waals surface area contributed by atoms with E-state index < -0.39 is 0 Å². The Balaban J connectivity index is 2.62. The van der Waals surface area contributed by atoms with Gasteiger partial charge in [-0.15, -0.1) is 11.8 Å². The molecule has 0 aromatic heterocycles. The highest BCUT2D eigenvalue weighted by Crippen LogP contribution is 2.26. The number of benzene rings is 1. The Bertz CT molecular complexity index is 456. The van der Waals surface area contributed by atoms with Crippen LogP contribution in [0.5, 0.6) is 0 Å². The van der Waals surface area contributed by atoms with Crippen molar-refractivity contribution in [2.75, 3.05) is 6.61 Å². The number of thioether (sulfide) groups is 1. The van der Waals surface area contributed by atoms with E-state index in [1.165, 1.54) is 11.8 Å². The predicted molar refractivity (Wildman–Crippen MR) is 89.9 cm³/mol. The summed E-state index contributed by atoms with van der Waals surface area (Å²) < 4.78 is 0. The van der Waals surface area contributed by atoms with Crippen LogP contribution in [0.2, 0.25) is 5.02 Å². The molecule has 2 unspecified atom stereocenters. The lowest BCUT2D eigenvalue weighted by Crippen LogP contribution is -2.46. The van der Waals surface area contributed by atoms with Gasteiger partial charge in [0.05, 0.1) is 5.25 Å². The van der Waals surface area contributed by atoms with E-state index in [9.17, 15) is 4.79 Å². The highest BCUT2D eigenvalue weighted by Gasteiger charge is 2.27. The van der Waals surface area contributed by atoms with Gasteiger partial charge in [-0.2, -0.15) is 0 Å². The molecule has 0 spiro atoms. The zero-order valence-corrected chi connectivity index (χ0v) is 14.6. The Morgan fingerprint density at radius 3 is 2.38 bits per heavy atom. The Morgan fingerprint density at radius 1 is 1.33 bits per heavy atom. The second-order valence-corrected chi connectivity index (χ2v) is 8.00. The molecule has 1 aromatic rings. The van der Waals surface area contributed by atoms with Gasteiger partial charge in [-0.3, -0.25) is 4.79 Å². The number of hydrogen-bond donors (Lipinski definition) is 2. The van der Waals surface area contributed by atoms with Crippen molar-refractivity contribution < 1.29 is 9.90 Å². The fourth-order valence-electron chi connectivity index (χ4n) is 1.91. The number of hydrogen-bond acceptors (Lipinski definition) is 3. The van der Waals surface area contributed by atoms with Crippen LogP contribution in [0.1, 0.15) is 34.1 Å². The van der Waals surface area contributed by atoms with Gasteiger partial charge in [-0.05, 0) is 43.0 Å². The number of nitrogens with one attached hydrogen (secondary N) is 1. The first-order valence-electron chi connectivity index (χ1n) is 7.07. The first-order chi connectivity index (χ1) is 9.74. The number of aliphatic hydroxyl groups excluding tert-OH is 1. The van der Waals surface area contributed by atoms with Crippen molar-refractivity contribution in [1.82, 2.24) is 5.32 Å². The fraction of sp³-hybridized carbons (Fsp3) is 0.562. The molecule has 1 amide bonds. The van der Waals surface area contributed by atoms with E-state index in [1.54, 1.807) is 0 Å². The third kappa shape index (κ3) is 6.29. The monoisotopic (exact) mass is 329 g/mol. The van der Waals surface area contributed by atoms with Crippen LogP contribution in [0.3, 0.4) is 0 Å². The molecule has 0 saturated heterocycles. The van der Waals surface area contributed by atoms with Crippen LogP contribution in [0.15, 0.2) is 29.2 Å². The summed E-state index contributed by atoms with van der Waals surface area (Å²) in [6.45, 7) is 8.13. The van der Waals surface area contributed by atoms with Crippen LogP contribution < -0.4 is 5.32 Å². The van der Waals surface area contributed by atoms with Gasteiger partial charge in [0.25, 0.3) is 0 Å². The summed E-state index contributed by atoms with van der Waals surface area (Å²) in [4.78, 5) is 13.3. The topological polar surface area (TPSA) is 49.3 Å². The molecule has 3 nitrogen and oxygen atoms in total. The molecule has 0 fully saturated rings. The lowest BCUT2D eigenvalue weighted by Gasteiger charge is -2.32. The van der Waals surface area contributed by atoms with Crippen LogP contribution in [0.25, 0.3) is 0 Å². The molecular formula is C16H24ClNO2S. The Kier molecular flexibility index (Phi) is 7.04. The minimum absolute atomic E-state index is 0.0108. The van der Waals surface area contributed by atoms with Crippen molar-refractivity contribution in [2.24, 2.45) is 5.41 Å². The molecule has 118 valence electrons. The summed E-state index contributed by atoms with van der Waals surface area (Å²) >= 11 is 7.35. The van der Waals surface area contributed by atoms with E-state index in [2.05, 4.69) is 26.1 Å². The van der Waals surface area contributed by atoms with E-state index in [4.69, 9.17) is 16.7 Å². The summed E-state index contributed by atoms with van der Waals surface area (Å²) in [7, 11) is 0. The minimum atomic E-state index is -0.199. The molecule has 1 aromatic carbocycles. The molecule has 2 N–H and O–H groups in total. The molecule has 0 aliphatic carbocycles. The minimum Gasteiger partial charge on any atom is -0.396 e. The number of rotatable bonds is 6. The molecule has 1 rings (SSSR count). The largest absolute Gasteiger partial charge is 0.396 e. The Morgan fingerprint density at radius 2 is 1.90 bits per heavy atom. The lowest BCUT2D eigenvalue weighted by atomic mass is 9.85. The molecule has 21 heavy (non-hydrogen) atoms. The fourth-order valence-corrected chi connectivity index (χ4v) is 2.91. The normalized spacial score (nSPS) is 14.6. The molecule has 0 radical (unpaired) electrons. The maximum atomic E-state index is 12.3. The van der Waals surface area contributed by atoms with Gasteiger partial charge in [-0.1, -0.05) is 32.4 Å². The zero-order valence-electron chi connectivity index (χ0n) is 13.0. The Labute approximate surface area is 136 Å². The molecule has 0 heterocycles. The van der Waals surface area contributed by atoms with E-state index in [0.29, 0.717) is 11.4 Å². The lowest BCUT2D eigenvalue weighted by molar-refractivity contribution is -0.121. The number of amides is 1. The van der Waals surface area contributed by atoms with E-state index in [-0.39, 0.29) is 29.2 Å². The highest BCUT2D eigenvalue weighted by atomic mass is 35.5. The van der Waals surface area contributed by atoms with Gasteiger partial charge in [0.15, 0.2) is 0 Å². The van der Waals surface area contributed by atoms with Gasteiger partial charge in [0.1, 0.15) is 0 Å². The first-order valence-corrected chi connectivity index (χ1v) is 8.33. The summed E-state index contributed by atoms with van der Waals surface area (Å²) in [5.74, 6) is -0.0108. The van der Waals surface area contributed by atoms with Crippen molar-refractivity contribution in [3.8, 4) is 0 Å². The smallest absolute Gasteiger partial charge is 0.233 e. The second-order valence-electron chi connectivity index (χ2n) is 6.15. The number of halogens is 1. The number of carbonyl (C=O) groups is 1. The second kappa shape index (κ2) is 8.06. The van der Waals surface area contributed by atoms with Crippen molar-refractivity contribution in [3.05, 3.63) is 29.3 Å². The maximum Gasteiger partial charge on any atom is 0.233 e.